The average molecular weight is 262 g/mol. The second kappa shape index (κ2) is 4.93. The van der Waals surface area contributed by atoms with Crippen LogP contribution in [0.25, 0.3) is 0 Å². The van der Waals surface area contributed by atoms with E-state index in [-0.39, 0.29) is 25.0 Å². The summed E-state index contributed by atoms with van der Waals surface area (Å²) < 4.78 is 43.3. The van der Waals surface area contributed by atoms with Crippen molar-refractivity contribution in [3.8, 4) is 0 Å². The third-order valence-corrected chi connectivity index (χ3v) is 3.41. The third-order valence-electron chi connectivity index (χ3n) is 3.41. The van der Waals surface area contributed by atoms with E-state index in [1.54, 1.807) is 24.0 Å². The summed E-state index contributed by atoms with van der Waals surface area (Å²) in [5.74, 6) is -0.624. The van der Waals surface area contributed by atoms with E-state index in [9.17, 15) is 13.2 Å². The summed E-state index contributed by atoms with van der Waals surface area (Å²) in [7, 11) is 0. The van der Waals surface area contributed by atoms with E-state index in [0.29, 0.717) is 12.3 Å². The molecule has 102 valence electrons. The van der Waals surface area contributed by atoms with Crippen LogP contribution in [-0.2, 0) is 0 Å². The predicted molar refractivity (Wildman–Crippen MR) is 60.8 cm³/mol. The molecule has 0 radical (unpaired) electrons. The van der Waals surface area contributed by atoms with Crippen molar-refractivity contribution in [2.75, 3.05) is 13.1 Å². The fourth-order valence-electron chi connectivity index (χ4n) is 2.54. The lowest BCUT2D eigenvalue weighted by Crippen LogP contribution is -2.39. The van der Waals surface area contributed by atoms with Gasteiger partial charge in [-0.05, 0) is 32.0 Å². The van der Waals surface area contributed by atoms with Crippen LogP contribution in [0.1, 0.15) is 25.1 Å². The van der Waals surface area contributed by atoms with Gasteiger partial charge in [0.2, 0.25) is 0 Å². The van der Waals surface area contributed by atoms with Crippen molar-refractivity contribution in [1.82, 2.24) is 4.90 Å². The van der Waals surface area contributed by atoms with E-state index in [2.05, 4.69) is 0 Å². The Balaban J connectivity index is 2.11. The number of alkyl halides is 3. The van der Waals surface area contributed by atoms with Crippen molar-refractivity contribution in [3.05, 3.63) is 24.2 Å². The first kappa shape index (κ1) is 13.4. The molecule has 1 aromatic rings. The van der Waals surface area contributed by atoms with Gasteiger partial charge in [-0.15, -0.1) is 0 Å². The number of rotatable bonds is 3. The molecule has 1 aliphatic heterocycles. The van der Waals surface area contributed by atoms with Crippen LogP contribution in [0.3, 0.4) is 0 Å². The van der Waals surface area contributed by atoms with E-state index in [0.717, 1.165) is 0 Å². The molecule has 1 aromatic heterocycles. The van der Waals surface area contributed by atoms with Crippen molar-refractivity contribution >= 4 is 0 Å². The first-order valence-corrected chi connectivity index (χ1v) is 5.99. The highest BCUT2D eigenvalue weighted by atomic mass is 19.4. The van der Waals surface area contributed by atoms with Gasteiger partial charge in [0.15, 0.2) is 0 Å². The molecule has 0 spiro atoms. The second-order valence-corrected chi connectivity index (χ2v) is 4.84. The molecule has 0 aromatic carbocycles. The van der Waals surface area contributed by atoms with Crippen LogP contribution >= 0.6 is 0 Å². The van der Waals surface area contributed by atoms with Gasteiger partial charge in [0.25, 0.3) is 0 Å². The quantitative estimate of drug-likeness (QED) is 0.910. The second-order valence-electron chi connectivity index (χ2n) is 4.84. The summed E-state index contributed by atoms with van der Waals surface area (Å²) in [5, 5.41) is 0. The van der Waals surface area contributed by atoms with Gasteiger partial charge in [-0.3, -0.25) is 4.90 Å². The van der Waals surface area contributed by atoms with E-state index in [1.807, 2.05) is 0 Å². The normalized spacial score (nSPS) is 25.3. The summed E-state index contributed by atoms with van der Waals surface area (Å²) in [6, 6.07) is 2.92. The molecule has 0 saturated carbocycles. The number of furan rings is 1. The summed E-state index contributed by atoms with van der Waals surface area (Å²) in [6.45, 7) is 2.18. The van der Waals surface area contributed by atoms with E-state index in [1.165, 1.54) is 6.26 Å². The molecule has 3 atom stereocenters. The Labute approximate surface area is 104 Å². The van der Waals surface area contributed by atoms with Crippen molar-refractivity contribution in [2.45, 2.75) is 31.6 Å². The van der Waals surface area contributed by atoms with Gasteiger partial charge in [0.1, 0.15) is 5.76 Å². The van der Waals surface area contributed by atoms with Crippen LogP contribution in [-0.4, -0.2) is 30.2 Å². The molecule has 2 rings (SSSR count). The molecule has 0 aliphatic carbocycles. The summed E-state index contributed by atoms with van der Waals surface area (Å²) in [6.07, 6.45) is -2.48. The Hall–Kier alpha value is -1.01. The predicted octanol–water partition coefficient (Wildman–Crippen LogP) is 2.55. The van der Waals surface area contributed by atoms with Gasteiger partial charge in [0, 0.05) is 12.6 Å². The zero-order chi connectivity index (χ0) is 13.3. The lowest BCUT2D eigenvalue weighted by atomic mass is 10.1. The Morgan fingerprint density at radius 1 is 1.50 bits per heavy atom. The summed E-state index contributed by atoms with van der Waals surface area (Å²) in [5.41, 5.74) is 5.88. The van der Waals surface area contributed by atoms with Crippen molar-refractivity contribution in [1.29, 1.82) is 0 Å². The minimum atomic E-state index is -4.12. The van der Waals surface area contributed by atoms with Gasteiger partial charge in [0.05, 0.1) is 18.2 Å². The van der Waals surface area contributed by atoms with Crippen molar-refractivity contribution in [3.63, 3.8) is 0 Å². The molecule has 1 fully saturated rings. The largest absolute Gasteiger partial charge is 0.468 e. The van der Waals surface area contributed by atoms with Gasteiger partial charge in [-0.1, -0.05) is 0 Å². The maximum absolute atomic E-state index is 12.7. The van der Waals surface area contributed by atoms with Crippen LogP contribution in [0.2, 0.25) is 0 Å². The average Bonchev–Trinajstić information content (AvgIpc) is 2.86. The van der Waals surface area contributed by atoms with Crippen LogP contribution in [0.15, 0.2) is 22.8 Å². The number of nitrogens with two attached hydrogens (primary N) is 1. The minimum absolute atomic E-state index is 0.00356. The highest BCUT2D eigenvalue weighted by Crippen LogP contribution is 2.37. The number of nitrogens with zero attached hydrogens (tertiary/aromatic N) is 1. The van der Waals surface area contributed by atoms with E-state index >= 15 is 0 Å². The smallest absolute Gasteiger partial charge is 0.393 e. The van der Waals surface area contributed by atoms with E-state index in [4.69, 9.17) is 10.2 Å². The number of hydrogen-bond donors (Lipinski definition) is 1. The zero-order valence-corrected chi connectivity index (χ0v) is 10.2. The molecule has 2 N–H and O–H groups in total. The molecule has 6 heteroatoms. The Bertz CT molecular complexity index is 375. The Kier molecular flexibility index (Phi) is 3.68. The lowest BCUT2D eigenvalue weighted by Gasteiger charge is -2.29. The maximum atomic E-state index is 12.7. The minimum Gasteiger partial charge on any atom is -0.468 e. The van der Waals surface area contributed by atoms with Crippen LogP contribution in [0, 0.1) is 5.92 Å². The Morgan fingerprint density at radius 2 is 2.22 bits per heavy atom. The topological polar surface area (TPSA) is 42.4 Å². The monoisotopic (exact) mass is 262 g/mol. The zero-order valence-electron chi connectivity index (χ0n) is 10.2. The van der Waals surface area contributed by atoms with Crippen LogP contribution < -0.4 is 5.73 Å². The molecule has 0 bridgehead atoms. The van der Waals surface area contributed by atoms with Gasteiger partial charge >= 0.3 is 6.18 Å². The summed E-state index contributed by atoms with van der Waals surface area (Å²) >= 11 is 0. The molecule has 3 nitrogen and oxygen atoms in total. The fraction of sp³-hybridized carbons (Fsp3) is 0.667. The van der Waals surface area contributed by atoms with Crippen molar-refractivity contribution < 1.29 is 17.6 Å². The molecule has 1 aliphatic rings. The third kappa shape index (κ3) is 2.70. The Morgan fingerprint density at radius 3 is 2.67 bits per heavy atom. The number of likely N-dealkylation sites (tertiary alicyclic amines) is 1. The highest BCUT2D eigenvalue weighted by molar-refractivity contribution is 5.08. The number of halogens is 3. The molecule has 1 saturated heterocycles. The first-order chi connectivity index (χ1) is 8.39. The van der Waals surface area contributed by atoms with E-state index < -0.39 is 12.1 Å². The standard InChI is InChI=1S/C12H17F3N2O/c1-8(16)11(10-3-2-6-18-10)17-5-4-9(7-17)12(13,14)15/h2-3,6,8-9,11H,4-5,7,16H2,1H3. The fourth-order valence-corrected chi connectivity index (χ4v) is 2.54. The first-order valence-electron chi connectivity index (χ1n) is 5.99. The molecular formula is C12H17F3N2O. The summed E-state index contributed by atoms with van der Waals surface area (Å²) in [4.78, 5) is 1.77. The molecule has 0 amide bonds. The SMILES string of the molecule is CC(N)C(c1ccco1)N1CCC(C(F)(F)F)C1. The molecular weight excluding hydrogens is 245 g/mol. The van der Waals surface area contributed by atoms with Crippen molar-refractivity contribution in [2.24, 2.45) is 11.7 Å². The number of hydrogen-bond acceptors (Lipinski definition) is 3. The molecule has 18 heavy (non-hydrogen) atoms. The molecule has 2 heterocycles. The van der Waals surface area contributed by atoms with Gasteiger partial charge in [-0.25, -0.2) is 0 Å². The van der Waals surface area contributed by atoms with Crippen LogP contribution in [0.5, 0.6) is 0 Å². The maximum Gasteiger partial charge on any atom is 0.393 e. The van der Waals surface area contributed by atoms with Gasteiger partial charge in [-0.2, -0.15) is 13.2 Å². The highest BCUT2D eigenvalue weighted by Gasteiger charge is 2.45. The lowest BCUT2D eigenvalue weighted by molar-refractivity contribution is -0.171. The van der Waals surface area contributed by atoms with Gasteiger partial charge < -0.3 is 10.2 Å². The molecule has 3 unspecified atom stereocenters. The van der Waals surface area contributed by atoms with Crippen LogP contribution in [0.4, 0.5) is 13.2 Å².